The fourth-order valence-corrected chi connectivity index (χ4v) is 1.52. The molecule has 0 aromatic heterocycles. The summed E-state index contributed by atoms with van der Waals surface area (Å²) in [6.45, 7) is 1.97. The van der Waals surface area contributed by atoms with Gasteiger partial charge in [0.25, 0.3) is 5.78 Å². The Labute approximate surface area is 81.3 Å². The van der Waals surface area contributed by atoms with Crippen LogP contribution in [-0.4, -0.2) is 16.3 Å². The SMILES string of the molecule is Cc1ccc2c(c1)C=CC(=O)C2=[N+]=[N-]. The summed E-state index contributed by atoms with van der Waals surface area (Å²) >= 11 is 0. The Morgan fingerprint density at radius 2 is 2.07 bits per heavy atom. The quantitative estimate of drug-likeness (QED) is 0.446. The molecule has 1 aromatic rings. The number of hydrogen-bond acceptors (Lipinski definition) is 1. The normalized spacial score (nSPS) is 13.8. The zero-order valence-electron chi connectivity index (χ0n) is 7.69. The lowest BCUT2D eigenvalue weighted by Gasteiger charge is -2.05. The minimum absolute atomic E-state index is 0.113. The van der Waals surface area contributed by atoms with Gasteiger partial charge >= 0.3 is 5.71 Å². The van der Waals surface area contributed by atoms with E-state index in [2.05, 4.69) is 4.79 Å². The van der Waals surface area contributed by atoms with Crippen LogP contribution in [0.1, 0.15) is 16.7 Å². The van der Waals surface area contributed by atoms with E-state index in [0.717, 1.165) is 11.1 Å². The van der Waals surface area contributed by atoms with Gasteiger partial charge in [0.1, 0.15) is 0 Å². The van der Waals surface area contributed by atoms with E-state index in [-0.39, 0.29) is 11.5 Å². The number of fused-ring (bicyclic) bond motifs is 1. The van der Waals surface area contributed by atoms with E-state index in [0.29, 0.717) is 5.56 Å². The summed E-state index contributed by atoms with van der Waals surface area (Å²) in [4.78, 5) is 14.3. The van der Waals surface area contributed by atoms with Gasteiger partial charge in [-0.2, -0.15) is 4.79 Å². The van der Waals surface area contributed by atoms with Gasteiger partial charge in [0.05, 0.1) is 5.56 Å². The Kier molecular flexibility index (Phi) is 1.88. The first-order valence-corrected chi connectivity index (χ1v) is 4.28. The number of aryl methyl sites for hydroxylation is 1. The van der Waals surface area contributed by atoms with E-state index in [1.54, 1.807) is 12.1 Å². The standard InChI is InChI=1S/C11H8N2O/c1-7-2-4-9-8(6-7)3-5-10(14)11(9)13-12/h2-6H,1H3. The molecular weight excluding hydrogens is 176 g/mol. The van der Waals surface area contributed by atoms with Crippen molar-refractivity contribution in [2.45, 2.75) is 6.92 Å². The number of carbonyl (C=O) groups excluding carboxylic acids is 1. The molecule has 0 saturated carbocycles. The minimum atomic E-state index is -0.260. The van der Waals surface area contributed by atoms with Crippen LogP contribution < -0.4 is 0 Å². The lowest BCUT2D eigenvalue weighted by molar-refractivity contribution is -0.112. The minimum Gasteiger partial charge on any atom is -0.361 e. The summed E-state index contributed by atoms with van der Waals surface area (Å²) in [5.41, 5.74) is 11.5. The average Bonchev–Trinajstić information content (AvgIpc) is 2.18. The number of ketones is 1. The summed E-state index contributed by atoms with van der Waals surface area (Å²) in [5, 5.41) is 0. The van der Waals surface area contributed by atoms with Gasteiger partial charge in [-0.3, -0.25) is 4.79 Å². The number of nitrogens with zero attached hydrogens (tertiary/aromatic N) is 2. The second-order valence-electron chi connectivity index (χ2n) is 3.24. The highest BCUT2D eigenvalue weighted by atomic mass is 16.1. The van der Waals surface area contributed by atoms with Crippen molar-refractivity contribution in [3.05, 3.63) is 46.5 Å². The van der Waals surface area contributed by atoms with Gasteiger partial charge in [-0.05, 0) is 30.7 Å². The highest BCUT2D eigenvalue weighted by Gasteiger charge is 2.25. The predicted octanol–water partition coefficient (Wildman–Crippen LogP) is 1.61. The maximum absolute atomic E-state index is 11.3. The first-order chi connectivity index (χ1) is 6.72. The number of benzene rings is 1. The fraction of sp³-hybridized carbons (Fsp3) is 0.0909. The highest BCUT2D eigenvalue weighted by molar-refractivity contribution is 6.50. The first kappa shape index (κ1) is 8.60. The number of hydrogen-bond donors (Lipinski definition) is 0. The van der Waals surface area contributed by atoms with Crippen molar-refractivity contribution in [1.29, 1.82) is 0 Å². The molecule has 3 nitrogen and oxygen atoms in total. The Hall–Kier alpha value is -1.99. The molecule has 0 bridgehead atoms. The van der Waals surface area contributed by atoms with Gasteiger partial charge in [-0.25, -0.2) is 0 Å². The van der Waals surface area contributed by atoms with Crippen LogP contribution in [0.3, 0.4) is 0 Å². The molecule has 14 heavy (non-hydrogen) atoms. The zero-order chi connectivity index (χ0) is 10.1. The molecule has 0 heterocycles. The third kappa shape index (κ3) is 1.20. The summed E-state index contributed by atoms with van der Waals surface area (Å²) < 4.78 is 0. The molecule has 0 spiro atoms. The topological polar surface area (TPSA) is 53.5 Å². The van der Waals surface area contributed by atoms with Crippen LogP contribution in [0.5, 0.6) is 0 Å². The Bertz CT molecular complexity index is 494. The van der Waals surface area contributed by atoms with E-state index in [1.807, 2.05) is 19.1 Å². The largest absolute Gasteiger partial charge is 0.369 e. The van der Waals surface area contributed by atoms with E-state index in [1.165, 1.54) is 6.08 Å². The third-order valence-corrected chi connectivity index (χ3v) is 2.21. The number of carbonyl (C=O) groups is 1. The first-order valence-electron chi connectivity index (χ1n) is 4.28. The Morgan fingerprint density at radius 3 is 2.79 bits per heavy atom. The molecule has 0 amide bonds. The van der Waals surface area contributed by atoms with E-state index in [9.17, 15) is 4.79 Å². The van der Waals surface area contributed by atoms with Gasteiger partial charge in [0, 0.05) is 0 Å². The van der Waals surface area contributed by atoms with Gasteiger partial charge in [0.15, 0.2) is 0 Å². The van der Waals surface area contributed by atoms with Crippen LogP contribution in [0.15, 0.2) is 24.3 Å². The van der Waals surface area contributed by atoms with Gasteiger partial charge in [-0.1, -0.05) is 17.7 Å². The molecule has 1 aliphatic carbocycles. The van der Waals surface area contributed by atoms with Crippen molar-refractivity contribution < 1.29 is 9.58 Å². The maximum Gasteiger partial charge on any atom is 0.369 e. The van der Waals surface area contributed by atoms with Crippen molar-refractivity contribution >= 4 is 17.6 Å². The summed E-state index contributed by atoms with van der Waals surface area (Å²) in [5.74, 6) is -0.260. The van der Waals surface area contributed by atoms with Crippen molar-refractivity contribution in [1.82, 2.24) is 0 Å². The van der Waals surface area contributed by atoms with E-state index >= 15 is 0 Å². The summed E-state index contributed by atoms with van der Waals surface area (Å²) in [6, 6.07) is 5.63. The smallest absolute Gasteiger partial charge is 0.361 e. The molecule has 0 N–H and O–H groups in total. The van der Waals surface area contributed by atoms with Gasteiger partial charge < -0.3 is 5.53 Å². The molecule has 0 atom stereocenters. The van der Waals surface area contributed by atoms with Crippen molar-refractivity contribution in [3.8, 4) is 0 Å². The fourth-order valence-electron chi connectivity index (χ4n) is 1.52. The number of allylic oxidation sites excluding steroid dienone is 1. The van der Waals surface area contributed by atoms with Crippen LogP contribution in [0.2, 0.25) is 0 Å². The lowest BCUT2D eigenvalue weighted by atomic mass is 9.93. The molecule has 3 heteroatoms. The van der Waals surface area contributed by atoms with Crippen LogP contribution in [0.4, 0.5) is 0 Å². The average molecular weight is 184 g/mol. The molecule has 0 saturated heterocycles. The number of rotatable bonds is 0. The van der Waals surface area contributed by atoms with Crippen LogP contribution >= 0.6 is 0 Å². The second-order valence-corrected chi connectivity index (χ2v) is 3.24. The molecule has 1 aliphatic rings. The van der Waals surface area contributed by atoms with Crippen LogP contribution in [0.25, 0.3) is 11.6 Å². The molecule has 0 fully saturated rings. The van der Waals surface area contributed by atoms with Crippen molar-refractivity contribution in [2.75, 3.05) is 0 Å². The van der Waals surface area contributed by atoms with E-state index in [4.69, 9.17) is 5.53 Å². The van der Waals surface area contributed by atoms with Crippen molar-refractivity contribution in [3.63, 3.8) is 0 Å². The summed E-state index contributed by atoms with van der Waals surface area (Å²) in [7, 11) is 0. The third-order valence-electron chi connectivity index (χ3n) is 2.21. The lowest BCUT2D eigenvalue weighted by Crippen LogP contribution is -2.18. The molecular formula is C11H8N2O. The van der Waals surface area contributed by atoms with Crippen LogP contribution in [-0.2, 0) is 4.79 Å². The summed E-state index contributed by atoms with van der Waals surface area (Å²) in [6.07, 6.45) is 3.15. The molecule has 0 unspecified atom stereocenters. The maximum atomic E-state index is 11.3. The second kappa shape index (κ2) is 3.05. The predicted molar refractivity (Wildman–Crippen MR) is 52.9 cm³/mol. The van der Waals surface area contributed by atoms with Gasteiger partial charge in [0.2, 0.25) is 0 Å². The van der Waals surface area contributed by atoms with Crippen LogP contribution in [0, 0.1) is 6.92 Å². The molecule has 1 aromatic carbocycles. The highest BCUT2D eigenvalue weighted by Crippen LogP contribution is 2.18. The Balaban J connectivity index is 2.73. The Morgan fingerprint density at radius 1 is 1.29 bits per heavy atom. The molecule has 68 valence electrons. The van der Waals surface area contributed by atoms with Gasteiger partial charge in [-0.15, -0.1) is 0 Å². The molecule has 2 rings (SSSR count). The molecule has 0 radical (unpaired) electrons. The van der Waals surface area contributed by atoms with Crippen molar-refractivity contribution in [2.24, 2.45) is 0 Å². The van der Waals surface area contributed by atoms with E-state index < -0.39 is 0 Å². The monoisotopic (exact) mass is 184 g/mol. The zero-order valence-corrected chi connectivity index (χ0v) is 7.69. The molecule has 0 aliphatic heterocycles.